The summed E-state index contributed by atoms with van der Waals surface area (Å²) < 4.78 is 0. The van der Waals surface area contributed by atoms with Crippen molar-refractivity contribution in [3.8, 4) is 0 Å². The number of rotatable bonds is 4. The minimum atomic E-state index is -1.07. The molecular formula is C16H16NNaO2. The van der Waals surface area contributed by atoms with Gasteiger partial charge >= 0.3 is 29.6 Å². The molecule has 0 radical (unpaired) electrons. The predicted molar refractivity (Wildman–Crippen MR) is 74.4 cm³/mol. The number of aryl methyl sites for hydroxylation is 2. The van der Waals surface area contributed by atoms with Crippen molar-refractivity contribution in [2.45, 2.75) is 20.3 Å². The summed E-state index contributed by atoms with van der Waals surface area (Å²) in [5, 5.41) is 14.1. The van der Waals surface area contributed by atoms with Gasteiger partial charge in [0.2, 0.25) is 0 Å². The fourth-order valence-corrected chi connectivity index (χ4v) is 2.10. The van der Waals surface area contributed by atoms with E-state index < -0.39 is 5.97 Å². The summed E-state index contributed by atoms with van der Waals surface area (Å²) in [7, 11) is 0. The van der Waals surface area contributed by atoms with Gasteiger partial charge in [0.1, 0.15) is 0 Å². The normalized spacial score (nSPS) is 9.70. The standard InChI is InChI=1S/C16H17NO2.Na/c1-11-6-5-7-12(2)16(11)17-14-9-4-3-8-13(14)10-15(18)19;/h3-9,17H,10H2,1-2H3,(H,18,19);/q;+1/p-1. The van der Waals surface area contributed by atoms with Gasteiger partial charge in [-0.25, -0.2) is 0 Å². The third-order valence-electron chi connectivity index (χ3n) is 3.09. The van der Waals surface area contributed by atoms with E-state index in [1.807, 2.05) is 50.2 Å². The van der Waals surface area contributed by atoms with Crippen LogP contribution in [0.3, 0.4) is 0 Å². The Hall–Kier alpha value is -1.29. The number of hydrogen-bond donors (Lipinski definition) is 1. The van der Waals surface area contributed by atoms with Crippen molar-refractivity contribution in [1.29, 1.82) is 0 Å². The van der Waals surface area contributed by atoms with E-state index in [-0.39, 0.29) is 36.0 Å². The number of carbonyl (C=O) groups excluding carboxylic acids is 1. The maximum absolute atomic E-state index is 10.8. The van der Waals surface area contributed by atoms with Crippen molar-refractivity contribution < 1.29 is 39.5 Å². The van der Waals surface area contributed by atoms with E-state index in [0.717, 1.165) is 28.1 Å². The van der Waals surface area contributed by atoms with Gasteiger partial charge in [0.15, 0.2) is 0 Å². The molecule has 0 saturated carbocycles. The summed E-state index contributed by atoms with van der Waals surface area (Å²) in [6.45, 7) is 4.05. The summed E-state index contributed by atoms with van der Waals surface area (Å²) in [5.41, 5.74) is 4.81. The van der Waals surface area contributed by atoms with Crippen molar-refractivity contribution in [3.05, 3.63) is 59.2 Å². The molecule has 98 valence electrons. The molecule has 0 aromatic heterocycles. The van der Waals surface area contributed by atoms with Gasteiger partial charge in [0.05, 0.1) is 0 Å². The predicted octanol–water partition coefficient (Wildman–Crippen LogP) is -0.657. The monoisotopic (exact) mass is 277 g/mol. The van der Waals surface area contributed by atoms with E-state index in [0.29, 0.717) is 0 Å². The second kappa shape index (κ2) is 7.48. The van der Waals surface area contributed by atoms with Crippen LogP contribution in [0.25, 0.3) is 0 Å². The van der Waals surface area contributed by atoms with Gasteiger partial charge in [-0.1, -0.05) is 36.4 Å². The smallest absolute Gasteiger partial charge is 0.550 e. The van der Waals surface area contributed by atoms with Gasteiger partial charge in [-0.3, -0.25) is 0 Å². The summed E-state index contributed by atoms with van der Waals surface area (Å²) in [4.78, 5) is 10.8. The van der Waals surface area contributed by atoms with Crippen LogP contribution in [-0.4, -0.2) is 5.97 Å². The van der Waals surface area contributed by atoms with E-state index in [1.165, 1.54) is 0 Å². The second-order valence-corrected chi connectivity index (χ2v) is 4.60. The molecule has 0 saturated heterocycles. The van der Waals surface area contributed by atoms with Gasteiger partial charge in [-0.05, 0) is 36.6 Å². The number of para-hydroxylation sites is 2. The fraction of sp³-hybridized carbons (Fsp3) is 0.188. The summed E-state index contributed by atoms with van der Waals surface area (Å²) in [5.74, 6) is -1.07. The number of carboxylic acids is 1. The minimum Gasteiger partial charge on any atom is -0.550 e. The molecule has 3 nitrogen and oxygen atoms in total. The Morgan fingerprint density at radius 1 is 1.05 bits per heavy atom. The first-order valence-corrected chi connectivity index (χ1v) is 6.19. The Kier molecular flexibility index (Phi) is 6.27. The maximum Gasteiger partial charge on any atom is 1.00 e. The molecule has 0 unspecified atom stereocenters. The van der Waals surface area contributed by atoms with Gasteiger partial charge in [-0.15, -0.1) is 0 Å². The van der Waals surface area contributed by atoms with Crippen LogP contribution in [0, 0.1) is 13.8 Å². The third kappa shape index (κ3) is 4.10. The molecule has 0 atom stereocenters. The summed E-state index contributed by atoms with van der Waals surface area (Å²) in [6, 6.07) is 13.4. The van der Waals surface area contributed by atoms with Crippen LogP contribution in [0.15, 0.2) is 42.5 Å². The van der Waals surface area contributed by atoms with Crippen LogP contribution in [-0.2, 0) is 11.2 Å². The van der Waals surface area contributed by atoms with Crippen LogP contribution in [0.5, 0.6) is 0 Å². The zero-order valence-corrected chi connectivity index (χ0v) is 14.1. The maximum atomic E-state index is 10.8. The molecule has 0 heterocycles. The molecule has 1 N–H and O–H groups in total. The van der Waals surface area contributed by atoms with Crippen LogP contribution < -0.4 is 40.0 Å². The third-order valence-corrected chi connectivity index (χ3v) is 3.09. The number of hydrogen-bond acceptors (Lipinski definition) is 3. The van der Waals surface area contributed by atoms with E-state index in [1.54, 1.807) is 6.07 Å². The largest absolute Gasteiger partial charge is 1.00 e. The average Bonchev–Trinajstić information content (AvgIpc) is 2.35. The zero-order chi connectivity index (χ0) is 13.8. The van der Waals surface area contributed by atoms with E-state index >= 15 is 0 Å². The molecule has 2 aromatic rings. The fourth-order valence-electron chi connectivity index (χ4n) is 2.10. The summed E-state index contributed by atoms with van der Waals surface area (Å²) >= 11 is 0. The van der Waals surface area contributed by atoms with Crippen molar-refractivity contribution >= 4 is 17.3 Å². The summed E-state index contributed by atoms with van der Waals surface area (Å²) in [6.07, 6.45) is -0.0892. The quantitative estimate of drug-likeness (QED) is 0.755. The molecule has 2 rings (SSSR count). The minimum absolute atomic E-state index is 0. The Bertz CT molecular complexity index is 591. The Morgan fingerprint density at radius 3 is 2.25 bits per heavy atom. The Balaban J connectivity index is 0.00000200. The number of aliphatic carboxylic acids is 1. The molecule has 0 amide bonds. The van der Waals surface area contributed by atoms with Crippen molar-refractivity contribution in [2.75, 3.05) is 5.32 Å². The molecule has 2 aromatic carbocycles. The van der Waals surface area contributed by atoms with Crippen molar-refractivity contribution in [1.82, 2.24) is 0 Å². The van der Waals surface area contributed by atoms with Gasteiger partial charge in [0, 0.05) is 23.8 Å². The van der Waals surface area contributed by atoms with Crippen LogP contribution in [0.1, 0.15) is 16.7 Å². The van der Waals surface area contributed by atoms with Gasteiger partial charge in [0.25, 0.3) is 0 Å². The molecule has 0 bridgehead atoms. The Morgan fingerprint density at radius 2 is 1.65 bits per heavy atom. The topological polar surface area (TPSA) is 52.2 Å². The number of anilines is 2. The first-order chi connectivity index (χ1) is 9.08. The van der Waals surface area contributed by atoms with Crippen molar-refractivity contribution in [3.63, 3.8) is 0 Å². The molecule has 0 aliphatic carbocycles. The van der Waals surface area contributed by atoms with E-state index in [2.05, 4.69) is 5.32 Å². The SMILES string of the molecule is Cc1cccc(C)c1Nc1ccccc1CC(=O)[O-].[Na+]. The molecule has 0 aliphatic heterocycles. The van der Waals surface area contributed by atoms with Gasteiger partial charge in [-0.2, -0.15) is 0 Å². The first kappa shape index (κ1) is 16.8. The number of carboxylic acid groups (broad SMARTS) is 1. The van der Waals surface area contributed by atoms with Crippen LogP contribution >= 0.6 is 0 Å². The molecule has 4 heteroatoms. The van der Waals surface area contributed by atoms with Crippen LogP contribution in [0.4, 0.5) is 11.4 Å². The van der Waals surface area contributed by atoms with Crippen LogP contribution in [0.2, 0.25) is 0 Å². The second-order valence-electron chi connectivity index (χ2n) is 4.60. The molecule has 0 aliphatic rings. The molecule has 0 fully saturated rings. The number of carbonyl (C=O) groups is 1. The number of nitrogens with one attached hydrogen (secondary N) is 1. The molecule has 20 heavy (non-hydrogen) atoms. The molecule has 0 spiro atoms. The Labute approximate surface area is 141 Å². The van der Waals surface area contributed by atoms with Gasteiger partial charge < -0.3 is 15.2 Å². The molecular weight excluding hydrogens is 261 g/mol. The zero-order valence-electron chi connectivity index (χ0n) is 12.1. The van der Waals surface area contributed by atoms with E-state index in [9.17, 15) is 9.90 Å². The van der Waals surface area contributed by atoms with Crippen molar-refractivity contribution in [2.24, 2.45) is 0 Å². The van der Waals surface area contributed by atoms with E-state index in [4.69, 9.17) is 0 Å². The first-order valence-electron chi connectivity index (χ1n) is 6.19. The number of benzene rings is 2. The average molecular weight is 277 g/mol.